The molecule has 0 radical (unpaired) electrons. The molecule has 1 aromatic heterocycles. The quantitative estimate of drug-likeness (QED) is 0.856. The lowest BCUT2D eigenvalue weighted by atomic mass is 10.2. The maximum Gasteiger partial charge on any atom is 0.162 e. The van der Waals surface area contributed by atoms with Crippen LogP contribution in [0.15, 0.2) is 41.4 Å². The van der Waals surface area contributed by atoms with E-state index in [9.17, 15) is 0 Å². The van der Waals surface area contributed by atoms with Crippen LogP contribution in [-0.2, 0) is 4.74 Å². The van der Waals surface area contributed by atoms with Gasteiger partial charge in [-0.05, 0) is 6.92 Å². The molecule has 1 fully saturated rings. The van der Waals surface area contributed by atoms with Gasteiger partial charge in [0, 0.05) is 18.2 Å². The molecule has 0 amide bonds. The van der Waals surface area contributed by atoms with Crippen LogP contribution >= 0.6 is 11.8 Å². The van der Waals surface area contributed by atoms with E-state index in [0.717, 1.165) is 42.0 Å². The molecule has 104 valence electrons. The van der Waals surface area contributed by atoms with Crippen LogP contribution in [0.4, 0.5) is 5.82 Å². The van der Waals surface area contributed by atoms with Crippen molar-refractivity contribution in [1.29, 1.82) is 0 Å². The highest BCUT2D eigenvalue weighted by molar-refractivity contribution is 8.00. The summed E-state index contributed by atoms with van der Waals surface area (Å²) < 4.78 is 5.22. The van der Waals surface area contributed by atoms with Crippen LogP contribution in [0.25, 0.3) is 11.4 Å². The standard InChI is InChI=1S/C15H17N3OS/c1-2-16-13-8-14(20-12-9-19-10-12)18-15(17-13)11-6-4-3-5-7-11/h3-8,12H,2,9-10H2,1H3,(H,16,17,18). The van der Waals surface area contributed by atoms with Crippen LogP contribution in [0.2, 0.25) is 0 Å². The Morgan fingerprint density at radius 2 is 2.05 bits per heavy atom. The Kier molecular flexibility index (Phi) is 4.18. The van der Waals surface area contributed by atoms with Crippen molar-refractivity contribution >= 4 is 17.6 Å². The minimum atomic E-state index is 0.517. The van der Waals surface area contributed by atoms with E-state index < -0.39 is 0 Å². The summed E-state index contributed by atoms with van der Waals surface area (Å²) in [6.07, 6.45) is 0. The zero-order valence-corrected chi connectivity index (χ0v) is 12.2. The van der Waals surface area contributed by atoms with Gasteiger partial charge in [0.15, 0.2) is 5.82 Å². The molecule has 2 heterocycles. The Bertz CT molecular complexity index is 573. The first-order valence-corrected chi connectivity index (χ1v) is 7.66. The second kappa shape index (κ2) is 6.24. The number of hydrogen-bond acceptors (Lipinski definition) is 5. The molecular weight excluding hydrogens is 270 g/mol. The predicted octanol–water partition coefficient (Wildman–Crippen LogP) is 3.07. The number of thioether (sulfide) groups is 1. The smallest absolute Gasteiger partial charge is 0.162 e. The van der Waals surface area contributed by atoms with Gasteiger partial charge >= 0.3 is 0 Å². The number of ether oxygens (including phenoxy) is 1. The summed E-state index contributed by atoms with van der Waals surface area (Å²) in [5.41, 5.74) is 1.04. The zero-order chi connectivity index (χ0) is 13.8. The molecule has 1 aromatic carbocycles. The molecule has 1 aliphatic rings. The van der Waals surface area contributed by atoms with Gasteiger partial charge in [-0.1, -0.05) is 42.1 Å². The van der Waals surface area contributed by atoms with Crippen LogP contribution in [0.1, 0.15) is 6.92 Å². The third-order valence-electron chi connectivity index (χ3n) is 2.99. The average molecular weight is 287 g/mol. The molecule has 1 aliphatic heterocycles. The Hall–Kier alpha value is -1.59. The second-order valence-electron chi connectivity index (χ2n) is 4.59. The van der Waals surface area contributed by atoms with Crippen LogP contribution in [0, 0.1) is 0 Å². The lowest BCUT2D eigenvalue weighted by Crippen LogP contribution is -2.30. The number of anilines is 1. The van der Waals surface area contributed by atoms with Crippen molar-refractivity contribution in [1.82, 2.24) is 9.97 Å². The third kappa shape index (κ3) is 3.11. The van der Waals surface area contributed by atoms with Crippen molar-refractivity contribution in [2.45, 2.75) is 17.2 Å². The van der Waals surface area contributed by atoms with Gasteiger partial charge in [0.2, 0.25) is 0 Å². The Labute approximate surface area is 123 Å². The molecule has 3 rings (SSSR count). The van der Waals surface area contributed by atoms with E-state index in [1.807, 2.05) is 36.4 Å². The Balaban J connectivity index is 1.91. The molecular formula is C15H17N3OS. The average Bonchev–Trinajstić information content (AvgIpc) is 2.44. The molecule has 0 atom stereocenters. The highest BCUT2D eigenvalue weighted by Gasteiger charge is 2.21. The van der Waals surface area contributed by atoms with Gasteiger partial charge in [0.1, 0.15) is 10.8 Å². The van der Waals surface area contributed by atoms with Crippen LogP contribution in [0.3, 0.4) is 0 Å². The molecule has 20 heavy (non-hydrogen) atoms. The van der Waals surface area contributed by atoms with Crippen molar-refractivity contribution in [3.8, 4) is 11.4 Å². The first-order valence-electron chi connectivity index (χ1n) is 6.78. The van der Waals surface area contributed by atoms with E-state index in [4.69, 9.17) is 4.74 Å². The molecule has 1 N–H and O–H groups in total. The Morgan fingerprint density at radius 1 is 1.25 bits per heavy atom. The summed E-state index contributed by atoms with van der Waals surface area (Å²) in [5, 5.41) is 4.79. The summed E-state index contributed by atoms with van der Waals surface area (Å²) in [7, 11) is 0. The molecule has 0 saturated carbocycles. The maximum atomic E-state index is 5.22. The number of hydrogen-bond donors (Lipinski definition) is 1. The second-order valence-corrected chi connectivity index (χ2v) is 5.91. The molecule has 2 aromatic rings. The highest BCUT2D eigenvalue weighted by Crippen LogP contribution is 2.29. The van der Waals surface area contributed by atoms with Gasteiger partial charge < -0.3 is 10.1 Å². The number of benzene rings is 1. The predicted molar refractivity (Wildman–Crippen MR) is 82.1 cm³/mol. The SMILES string of the molecule is CCNc1cc(SC2COC2)nc(-c2ccccc2)n1. The lowest BCUT2D eigenvalue weighted by Gasteiger charge is -2.24. The minimum absolute atomic E-state index is 0.517. The van der Waals surface area contributed by atoms with E-state index in [1.165, 1.54) is 0 Å². The number of aromatic nitrogens is 2. The van der Waals surface area contributed by atoms with E-state index in [-0.39, 0.29) is 0 Å². The molecule has 0 aliphatic carbocycles. The van der Waals surface area contributed by atoms with Gasteiger partial charge in [-0.15, -0.1) is 0 Å². The van der Waals surface area contributed by atoms with E-state index in [2.05, 4.69) is 22.2 Å². The van der Waals surface area contributed by atoms with Crippen molar-refractivity contribution in [2.24, 2.45) is 0 Å². The topological polar surface area (TPSA) is 47.0 Å². The summed E-state index contributed by atoms with van der Waals surface area (Å²) in [6.45, 7) is 4.54. The number of rotatable bonds is 5. The first kappa shape index (κ1) is 13.4. The fourth-order valence-electron chi connectivity index (χ4n) is 1.93. The molecule has 0 unspecified atom stereocenters. The van der Waals surface area contributed by atoms with Crippen LogP contribution in [-0.4, -0.2) is 35.0 Å². The zero-order valence-electron chi connectivity index (χ0n) is 11.4. The molecule has 0 bridgehead atoms. The fourth-order valence-corrected chi connectivity index (χ4v) is 2.92. The third-order valence-corrected chi connectivity index (χ3v) is 4.04. The normalized spacial score (nSPS) is 14.8. The van der Waals surface area contributed by atoms with Crippen molar-refractivity contribution in [3.05, 3.63) is 36.4 Å². The first-order chi connectivity index (χ1) is 9.85. The van der Waals surface area contributed by atoms with Crippen molar-refractivity contribution < 1.29 is 4.74 Å². The van der Waals surface area contributed by atoms with Crippen molar-refractivity contribution in [2.75, 3.05) is 25.1 Å². The van der Waals surface area contributed by atoms with Crippen molar-refractivity contribution in [3.63, 3.8) is 0 Å². The summed E-state index contributed by atoms with van der Waals surface area (Å²) >= 11 is 1.76. The van der Waals surface area contributed by atoms with E-state index in [0.29, 0.717) is 5.25 Å². The largest absolute Gasteiger partial charge is 0.379 e. The van der Waals surface area contributed by atoms with Gasteiger partial charge in [0.25, 0.3) is 0 Å². The van der Waals surface area contributed by atoms with Gasteiger partial charge in [-0.2, -0.15) is 0 Å². The van der Waals surface area contributed by atoms with E-state index >= 15 is 0 Å². The maximum absolute atomic E-state index is 5.22. The molecule has 1 saturated heterocycles. The number of nitrogens with zero attached hydrogens (tertiary/aromatic N) is 2. The lowest BCUT2D eigenvalue weighted by molar-refractivity contribution is 0.0454. The van der Waals surface area contributed by atoms with Crippen LogP contribution in [0.5, 0.6) is 0 Å². The summed E-state index contributed by atoms with van der Waals surface area (Å²) in [4.78, 5) is 9.24. The van der Waals surface area contributed by atoms with Crippen LogP contribution < -0.4 is 5.32 Å². The number of nitrogens with one attached hydrogen (secondary N) is 1. The molecule has 0 spiro atoms. The minimum Gasteiger partial charge on any atom is -0.379 e. The highest BCUT2D eigenvalue weighted by atomic mass is 32.2. The molecule has 4 nitrogen and oxygen atoms in total. The monoisotopic (exact) mass is 287 g/mol. The van der Waals surface area contributed by atoms with Gasteiger partial charge in [0.05, 0.1) is 18.5 Å². The molecule has 5 heteroatoms. The van der Waals surface area contributed by atoms with Gasteiger partial charge in [-0.3, -0.25) is 0 Å². The van der Waals surface area contributed by atoms with Gasteiger partial charge in [-0.25, -0.2) is 9.97 Å². The Morgan fingerprint density at radius 3 is 2.70 bits per heavy atom. The van der Waals surface area contributed by atoms with E-state index in [1.54, 1.807) is 11.8 Å². The summed E-state index contributed by atoms with van der Waals surface area (Å²) in [5.74, 6) is 1.65. The summed E-state index contributed by atoms with van der Waals surface area (Å²) in [6, 6.07) is 12.1. The fraction of sp³-hybridized carbons (Fsp3) is 0.333.